The van der Waals surface area contributed by atoms with Crippen molar-refractivity contribution in [2.75, 3.05) is 26.7 Å². The molecule has 0 spiro atoms. The van der Waals surface area contributed by atoms with Crippen LogP contribution in [-0.2, 0) is 4.43 Å². The Hall–Kier alpha value is 0.137. The van der Waals surface area contributed by atoms with Crippen LogP contribution in [0.4, 0.5) is 0 Å². The SMILES string of the molecule is CC[NH+](C)CCO[SiH-](C)(C)CC. The van der Waals surface area contributed by atoms with Crippen molar-refractivity contribution >= 4 is 8.32 Å². The van der Waals surface area contributed by atoms with Crippen LogP contribution in [0.25, 0.3) is 0 Å². The first-order valence-electron chi connectivity index (χ1n) is 5.21. The van der Waals surface area contributed by atoms with Crippen molar-refractivity contribution in [3.05, 3.63) is 0 Å². The second kappa shape index (κ2) is 5.73. The van der Waals surface area contributed by atoms with E-state index in [0.717, 1.165) is 13.2 Å². The van der Waals surface area contributed by atoms with E-state index >= 15 is 0 Å². The molecule has 0 saturated heterocycles. The predicted octanol–water partition coefficient (Wildman–Crippen LogP) is 0.495. The average molecular weight is 191 g/mol. The zero-order chi connectivity index (χ0) is 9.61. The molecule has 0 aromatic carbocycles. The molecule has 3 heteroatoms. The summed E-state index contributed by atoms with van der Waals surface area (Å²) in [6, 6.07) is 1.25. The first kappa shape index (κ1) is 12.1. The molecule has 1 atom stereocenters. The molecule has 76 valence electrons. The Morgan fingerprint density at radius 1 is 1.25 bits per heavy atom. The molecule has 1 N–H and O–H groups in total. The topological polar surface area (TPSA) is 13.7 Å². The van der Waals surface area contributed by atoms with Gasteiger partial charge in [0.15, 0.2) is 0 Å². The van der Waals surface area contributed by atoms with E-state index < -0.39 is 8.32 Å². The summed E-state index contributed by atoms with van der Waals surface area (Å²) in [4.78, 5) is 1.56. The average Bonchev–Trinajstić information content (AvgIpc) is 2.04. The van der Waals surface area contributed by atoms with Crippen LogP contribution in [0.2, 0.25) is 19.1 Å². The fraction of sp³-hybridized carbons (Fsp3) is 1.00. The number of quaternary nitrogens is 1. The van der Waals surface area contributed by atoms with E-state index in [1.165, 1.54) is 12.6 Å². The summed E-state index contributed by atoms with van der Waals surface area (Å²) >= 11 is 0. The van der Waals surface area contributed by atoms with Crippen LogP contribution in [0.15, 0.2) is 0 Å². The molecule has 12 heavy (non-hydrogen) atoms. The van der Waals surface area contributed by atoms with Crippen LogP contribution in [0.5, 0.6) is 0 Å². The van der Waals surface area contributed by atoms with Crippen LogP contribution in [0.3, 0.4) is 0 Å². The summed E-state index contributed by atoms with van der Waals surface area (Å²) < 4.78 is 5.90. The minimum absolute atomic E-state index is 0.950. The summed E-state index contributed by atoms with van der Waals surface area (Å²) in [7, 11) is 0.678. The summed E-state index contributed by atoms with van der Waals surface area (Å²) in [6.07, 6.45) is 0. The van der Waals surface area contributed by atoms with Crippen molar-refractivity contribution in [2.45, 2.75) is 33.0 Å². The number of nitrogens with one attached hydrogen (secondary N) is 1. The molecule has 0 aromatic rings. The summed E-state index contributed by atoms with van der Waals surface area (Å²) in [5.74, 6) is 0. The monoisotopic (exact) mass is 191 g/mol. The maximum absolute atomic E-state index is 5.90. The van der Waals surface area contributed by atoms with Crippen LogP contribution < -0.4 is 4.90 Å². The van der Waals surface area contributed by atoms with Gasteiger partial charge in [0.1, 0.15) is 0 Å². The molecule has 0 fully saturated rings. The van der Waals surface area contributed by atoms with Gasteiger partial charge in [0, 0.05) is 0 Å². The number of rotatable bonds is 6. The third kappa shape index (κ3) is 5.74. The Kier molecular flexibility index (Phi) is 5.79. The third-order valence-corrected chi connectivity index (χ3v) is 5.79. The van der Waals surface area contributed by atoms with E-state index in [1.54, 1.807) is 4.90 Å². The van der Waals surface area contributed by atoms with Gasteiger partial charge in [-0.15, -0.1) is 0 Å². The van der Waals surface area contributed by atoms with Crippen molar-refractivity contribution in [1.29, 1.82) is 0 Å². The van der Waals surface area contributed by atoms with Crippen LogP contribution in [0.1, 0.15) is 13.8 Å². The summed E-state index contributed by atoms with van der Waals surface area (Å²) in [5.41, 5.74) is 0. The molecule has 0 saturated carbocycles. The van der Waals surface area contributed by atoms with Gasteiger partial charge in [0.05, 0.1) is 0 Å². The molecule has 0 amide bonds. The third-order valence-electron chi connectivity index (χ3n) is 2.68. The van der Waals surface area contributed by atoms with Crippen molar-refractivity contribution in [1.82, 2.24) is 0 Å². The van der Waals surface area contributed by atoms with Crippen molar-refractivity contribution < 1.29 is 9.33 Å². The van der Waals surface area contributed by atoms with Gasteiger partial charge in [-0.1, -0.05) is 0 Å². The van der Waals surface area contributed by atoms with Gasteiger partial charge in [-0.2, -0.15) is 0 Å². The van der Waals surface area contributed by atoms with Gasteiger partial charge in [0.25, 0.3) is 0 Å². The molecule has 0 rings (SSSR count). The molecule has 0 aromatic heterocycles. The second-order valence-corrected chi connectivity index (χ2v) is 9.59. The Labute approximate surface area is 78.0 Å². The van der Waals surface area contributed by atoms with Crippen LogP contribution in [0, 0.1) is 0 Å². The fourth-order valence-electron chi connectivity index (χ4n) is 0.847. The predicted molar refractivity (Wildman–Crippen MR) is 57.6 cm³/mol. The van der Waals surface area contributed by atoms with Crippen molar-refractivity contribution in [3.63, 3.8) is 0 Å². The Morgan fingerprint density at radius 3 is 2.25 bits per heavy atom. The molecule has 0 aliphatic rings. The van der Waals surface area contributed by atoms with Gasteiger partial charge in [-0.05, 0) is 0 Å². The molecular weight excluding hydrogens is 166 g/mol. The molecule has 0 aliphatic heterocycles. The normalized spacial score (nSPS) is 16.1. The van der Waals surface area contributed by atoms with E-state index in [0.29, 0.717) is 0 Å². The number of hydrogen-bond donors (Lipinski definition) is 1. The number of hydrogen-bond acceptors (Lipinski definition) is 1. The van der Waals surface area contributed by atoms with Crippen molar-refractivity contribution in [2.24, 2.45) is 0 Å². The second-order valence-electron chi connectivity index (χ2n) is 4.37. The zero-order valence-corrected chi connectivity index (χ0v) is 10.5. The van der Waals surface area contributed by atoms with Gasteiger partial charge in [0.2, 0.25) is 0 Å². The van der Waals surface area contributed by atoms with Crippen LogP contribution >= 0.6 is 0 Å². The van der Waals surface area contributed by atoms with Gasteiger partial charge < -0.3 is 0 Å². The Balaban J connectivity index is 3.42. The number of likely N-dealkylation sites (N-methyl/N-ethyl adjacent to an activating group) is 1. The maximum atomic E-state index is 5.90. The summed E-state index contributed by atoms with van der Waals surface area (Å²) in [6.45, 7) is 12.4. The Bertz CT molecular complexity index is 117. The molecule has 2 nitrogen and oxygen atoms in total. The first-order chi connectivity index (χ1) is 5.52. The van der Waals surface area contributed by atoms with Gasteiger partial charge >= 0.3 is 77.4 Å². The van der Waals surface area contributed by atoms with E-state index in [1.807, 2.05) is 0 Å². The Morgan fingerprint density at radius 2 is 1.83 bits per heavy atom. The van der Waals surface area contributed by atoms with Gasteiger partial charge in [-0.25, -0.2) is 0 Å². The standard InChI is InChI=1S/C9H24NOSi/c1-6-10(3)8-9-11-12(4,5)7-2/h12H,6-9H2,1-5H3/q-1/p+1. The zero-order valence-electron chi connectivity index (χ0n) is 9.31. The summed E-state index contributed by atoms with van der Waals surface area (Å²) in [5, 5.41) is 0. The van der Waals surface area contributed by atoms with E-state index in [4.69, 9.17) is 4.43 Å². The van der Waals surface area contributed by atoms with Gasteiger partial charge in [-0.3, -0.25) is 0 Å². The molecule has 0 bridgehead atoms. The van der Waals surface area contributed by atoms with Crippen LogP contribution in [-0.4, -0.2) is 35.1 Å². The fourth-order valence-corrected chi connectivity index (χ4v) is 1.84. The quantitative estimate of drug-likeness (QED) is 0.604. The molecule has 0 radical (unpaired) electrons. The molecular formula is C9H25NOSi. The van der Waals surface area contributed by atoms with E-state index in [2.05, 4.69) is 34.0 Å². The van der Waals surface area contributed by atoms with Crippen molar-refractivity contribution in [3.8, 4) is 0 Å². The molecule has 0 aliphatic carbocycles. The van der Waals surface area contributed by atoms with E-state index in [9.17, 15) is 0 Å². The first-order valence-corrected chi connectivity index (χ1v) is 8.81. The molecule has 1 unspecified atom stereocenters. The van der Waals surface area contributed by atoms with E-state index in [-0.39, 0.29) is 0 Å². The molecule has 0 heterocycles. The minimum atomic E-state index is -1.54.